The molecule has 150 valence electrons. The van der Waals surface area contributed by atoms with Gasteiger partial charge < -0.3 is 9.80 Å². The van der Waals surface area contributed by atoms with Gasteiger partial charge in [-0.3, -0.25) is 9.59 Å². The second kappa shape index (κ2) is 7.62. The highest BCUT2D eigenvalue weighted by Gasteiger charge is 2.29. The van der Waals surface area contributed by atoms with Crippen LogP contribution < -0.4 is 0 Å². The Bertz CT molecular complexity index is 1060. The Balaban J connectivity index is 1.51. The maximum absolute atomic E-state index is 13.1. The minimum absolute atomic E-state index is 0.0216. The third-order valence-electron chi connectivity index (χ3n) is 5.29. The summed E-state index contributed by atoms with van der Waals surface area (Å²) >= 11 is 0. The topological polar surface area (TPSA) is 70.8 Å². The van der Waals surface area contributed by atoms with E-state index in [2.05, 4.69) is 10.1 Å². The smallest absolute Gasteiger partial charge is 0.258 e. The Morgan fingerprint density at radius 1 is 1.21 bits per heavy atom. The summed E-state index contributed by atoms with van der Waals surface area (Å²) in [5.41, 5.74) is 2.71. The van der Waals surface area contributed by atoms with E-state index in [1.807, 2.05) is 11.0 Å². The molecule has 0 spiro atoms. The van der Waals surface area contributed by atoms with Crippen molar-refractivity contribution in [2.45, 2.75) is 18.8 Å². The molecule has 2 amide bonds. The largest absolute Gasteiger partial charge is 0.345 e. The highest BCUT2D eigenvalue weighted by Crippen LogP contribution is 2.28. The van der Waals surface area contributed by atoms with Gasteiger partial charge in [0, 0.05) is 39.3 Å². The molecule has 1 aromatic carbocycles. The van der Waals surface area contributed by atoms with Crippen molar-refractivity contribution < 1.29 is 14.0 Å². The molecule has 2 aromatic heterocycles. The summed E-state index contributed by atoms with van der Waals surface area (Å²) in [6.45, 7) is 1.23. The van der Waals surface area contributed by atoms with Gasteiger partial charge in [-0.25, -0.2) is 13.9 Å². The number of aromatic nitrogens is 3. The van der Waals surface area contributed by atoms with Crippen LogP contribution in [0.4, 0.5) is 4.39 Å². The van der Waals surface area contributed by atoms with Crippen LogP contribution in [0, 0.1) is 5.82 Å². The fraction of sp³-hybridized carbons (Fsp3) is 0.333. The van der Waals surface area contributed by atoms with Gasteiger partial charge in [-0.1, -0.05) is 12.1 Å². The molecule has 3 aromatic rings. The second-order valence-electron chi connectivity index (χ2n) is 7.49. The lowest BCUT2D eigenvalue weighted by Crippen LogP contribution is -2.30. The van der Waals surface area contributed by atoms with Crippen LogP contribution >= 0.6 is 0 Å². The molecule has 0 radical (unpaired) electrons. The maximum Gasteiger partial charge on any atom is 0.258 e. The van der Waals surface area contributed by atoms with E-state index >= 15 is 0 Å². The standard InChI is InChI=1S/C21H22FN5O2/c1-25(2)21(29)17-12-24-27-18(7-9-23-20(17)27)15-8-10-26(13-15)19(28)11-14-3-5-16(22)6-4-14/h3-7,9,12,15H,8,10-11,13H2,1-2H3. The minimum atomic E-state index is -0.310. The number of rotatable bonds is 4. The molecular formula is C21H22FN5O2. The SMILES string of the molecule is CN(C)C(=O)c1cnn2c(C3CCN(C(=O)Cc4ccc(F)cc4)C3)ccnc12. The van der Waals surface area contributed by atoms with Crippen LogP contribution in [-0.2, 0) is 11.2 Å². The van der Waals surface area contributed by atoms with Crippen LogP contribution in [0.15, 0.2) is 42.7 Å². The molecule has 1 unspecified atom stereocenters. The van der Waals surface area contributed by atoms with Crippen LogP contribution in [0.5, 0.6) is 0 Å². The van der Waals surface area contributed by atoms with Crippen LogP contribution in [0.1, 0.15) is 34.0 Å². The number of hydrogen-bond donors (Lipinski definition) is 0. The summed E-state index contributed by atoms with van der Waals surface area (Å²) < 4.78 is 14.8. The van der Waals surface area contributed by atoms with Crippen LogP contribution in [0.2, 0.25) is 0 Å². The Morgan fingerprint density at radius 2 is 1.97 bits per heavy atom. The summed E-state index contributed by atoms with van der Waals surface area (Å²) in [5.74, 6) is -0.323. The van der Waals surface area contributed by atoms with E-state index in [9.17, 15) is 14.0 Å². The number of nitrogens with zero attached hydrogens (tertiary/aromatic N) is 5. The predicted octanol–water partition coefficient (Wildman–Crippen LogP) is 2.13. The van der Waals surface area contributed by atoms with E-state index in [1.54, 1.807) is 43.1 Å². The van der Waals surface area contributed by atoms with Gasteiger partial charge in [-0.15, -0.1) is 0 Å². The molecule has 3 heterocycles. The Hall–Kier alpha value is -3.29. The number of amides is 2. The molecule has 0 N–H and O–H groups in total. The van der Waals surface area contributed by atoms with E-state index in [1.165, 1.54) is 17.0 Å². The first-order chi connectivity index (χ1) is 13.9. The molecule has 4 rings (SSSR count). The molecule has 0 bridgehead atoms. The number of carbonyl (C=O) groups excluding carboxylic acids is 2. The first-order valence-corrected chi connectivity index (χ1v) is 9.50. The lowest BCUT2D eigenvalue weighted by atomic mass is 10.0. The number of hydrogen-bond acceptors (Lipinski definition) is 4. The van der Waals surface area contributed by atoms with E-state index in [0.717, 1.165) is 17.7 Å². The zero-order chi connectivity index (χ0) is 20.5. The van der Waals surface area contributed by atoms with Crippen LogP contribution in [0.3, 0.4) is 0 Å². The van der Waals surface area contributed by atoms with E-state index in [-0.39, 0.29) is 30.0 Å². The van der Waals surface area contributed by atoms with Gasteiger partial charge in [-0.2, -0.15) is 5.10 Å². The third-order valence-corrected chi connectivity index (χ3v) is 5.29. The molecule has 8 heteroatoms. The second-order valence-corrected chi connectivity index (χ2v) is 7.49. The molecule has 1 atom stereocenters. The van der Waals surface area contributed by atoms with Crippen molar-refractivity contribution in [3.05, 3.63) is 65.4 Å². The number of carbonyl (C=O) groups is 2. The molecule has 1 fully saturated rings. The van der Waals surface area contributed by atoms with Crippen LogP contribution in [-0.4, -0.2) is 63.4 Å². The van der Waals surface area contributed by atoms with Crippen molar-refractivity contribution in [1.29, 1.82) is 0 Å². The van der Waals surface area contributed by atoms with Gasteiger partial charge in [-0.05, 0) is 30.2 Å². The Labute approximate surface area is 167 Å². The Kier molecular flexibility index (Phi) is 5.00. The van der Waals surface area contributed by atoms with Crippen molar-refractivity contribution in [2.24, 2.45) is 0 Å². The zero-order valence-electron chi connectivity index (χ0n) is 16.4. The van der Waals surface area contributed by atoms with Crippen LogP contribution in [0.25, 0.3) is 5.65 Å². The molecule has 1 saturated heterocycles. The van der Waals surface area contributed by atoms with Gasteiger partial charge >= 0.3 is 0 Å². The van der Waals surface area contributed by atoms with Crippen molar-refractivity contribution in [2.75, 3.05) is 27.2 Å². The predicted molar refractivity (Wildman–Crippen MR) is 105 cm³/mol. The fourth-order valence-electron chi connectivity index (χ4n) is 3.73. The normalized spacial score (nSPS) is 16.4. The zero-order valence-corrected chi connectivity index (χ0v) is 16.4. The Morgan fingerprint density at radius 3 is 2.69 bits per heavy atom. The number of benzene rings is 1. The van der Waals surface area contributed by atoms with Crippen molar-refractivity contribution in [3.8, 4) is 0 Å². The van der Waals surface area contributed by atoms with Gasteiger partial charge in [0.05, 0.1) is 18.3 Å². The summed E-state index contributed by atoms with van der Waals surface area (Å²) in [7, 11) is 3.38. The first-order valence-electron chi connectivity index (χ1n) is 9.50. The van der Waals surface area contributed by atoms with Crippen molar-refractivity contribution in [1.82, 2.24) is 24.4 Å². The van der Waals surface area contributed by atoms with Gasteiger partial charge in [0.2, 0.25) is 5.91 Å². The van der Waals surface area contributed by atoms with E-state index in [0.29, 0.717) is 24.3 Å². The fourth-order valence-corrected chi connectivity index (χ4v) is 3.73. The van der Waals surface area contributed by atoms with Gasteiger partial charge in [0.1, 0.15) is 11.4 Å². The molecular weight excluding hydrogens is 373 g/mol. The molecule has 7 nitrogen and oxygen atoms in total. The molecule has 0 aliphatic carbocycles. The quantitative estimate of drug-likeness (QED) is 0.679. The summed E-state index contributed by atoms with van der Waals surface area (Å²) in [5, 5.41) is 4.38. The van der Waals surface area contributed by atoms with Gasteiger partial charge in [0.15, 0.2) is 5.65 Å². The monoisotopic (exact) mass is 395 g/mol. The third kappa shape index (κ3) is 3.70. The average molecular weight is 395 g/mol. The molecule has 29 heavy (non-hydrogen) atoms. The van der Waals surface area contributed by atoms with E-state index in [4.69, 9.17) is 0 Å². The first kappa shape index (κ1) is 19.0. The highest BCUT2D eigenvalue weighted by atomic mass is 19.1. The number of halogens is 1. The van der Waals surface area contributed by atoms with E-state index < -0.39 is 0 Å². The summed E-state index contributed by atoms with van der Waals surface area (Å²) in [6, 6.07) is 7.91. The lowest BCUT2D eigenvalue weighted by Gasteiger charge is -2.17. The average Bonchev–Trinajstić information content (AvgIpc) is 3.36. The number of fused-ring (bicyclic) bond motifs is 1. The minimum Gasteiger partial charge on any atom is -0.345 e. The molecule has 1 aliphatic rings. The summed E-state index contributed by atoms with van der Waals surface area (Å²) in [4.78, 5) is 32.7. The highest BCUT2D eigenvalue weighted by molar-refractivity contribution is 5.99. The van der Waals surface area contributed by atoms with Gasteiger partial charge in [0.25, 0.3) is 5.91 Å². The maximum atomic E-state index is 13.1. The molecule has 0 saturated carbocycles. The summed E-state index contributed by atoms with van der Waals surface area (Å²) in [6.07, 6.45) is 4.29. The lowest BCUT2D eigenvalue weighted by molar-refractivity contribution is -0.129. The van der Waals surface area contributed by atoms with Crippen molar-refractivity contribution >= 4 is 17.5 Å². The molecule has 1 aliphatic heterocycles. The van der Waals surface area contributed by atoms with Crippen molar-refractivity contribution in [3.63, 3.8) is 0 Å². The number of likely N-dealkylation sites (tertiary alicyclic amines) is 1.